The van der Waals surface area contributed by atoms with Crippen molar-refractivity contribution < 1.29 is 17.6 Å². The molecule has 0 radical (unpaired) electrons. The summed E-state index contributed by atoms with van der Waals surface area (Å²) < 4.78 is 32.4. The van der Waals surface area contributed by atoms with Crippen molar-refractivity contribution in [3.05, 3.63) is 94.8 Å². The highest BCUT2D eigenvalue weighted by Crippen LogP contribution is 2.25. The third kappa shape index (κ3) is 5.51. The van der Waals surface area contributed by atoms with Gasteiger partial charge in [0.1, 0.15) is 5.76 Å². The fourth-order valence-electron chi connectivity index (χ4n) is 3.64. The van der Waals surface area contributed by atoms with E-state index in [9.17, 15) is 13.2 Å². The van der Waals surface area contributed by atoms with Gasteiger partial charge < -0.3 is 9.73 Å². The highest BCUT2D eigenvalue weighted by molar-refractivity contribution is 7.92. The summed E-state index contributed by atoms with van der Waals surface area (Å²) in [6.07, 6.45) is 6.18. The molecule has 0 bridgehead atoms. The van der Waals surface area contributed by atoms with E-state index in [-0.39, 0.29) is 13.1 Å². The molecule has 0 atom stereocenters. The number of benzene rings is 2. The highest BCUT2D eigenvalue weighted by atomic mass is 32.2. The minimum Gasteiger partial charge on any atom is -0.468 e. The zero-order chi connectivity index (χ0) is 21.7. The third-order valence-corrected chi connectivity index (χ3v) is 6.66. The van der Waals surface area contributed by atoms with E-state index in [1.807, 2.05) is 48.5 Å². The first-order valence-corrected chi connectivity index (χ1v) is 11.7. The number of sulfonamides is 1. The third-order valence-electron chi connectivity index (χ3n) is 5.21. The number of furan rings is 1. The van der Waals surface area contributed by atoms with Gasteiger partial charge in [-0.15, -0.1) is 0 Å². The van der Waals surface area contributed by atoms with Crippen molar-refractivity contribution in [2.45, 2.75) is 25.8 Å². The van der Waals surface area contributed by atoms with Crippen LogP contribution in [-0.2, 0) is 34.2 Å². The fourth-order valence-corrected chi connectivity index (χ4v) is 4.74. The van der Waals surface area contributed by atoms with Gasteiger partial charge in [0, 0.05) is 11.1 Å². The normalized spacial score (nSPS) is 13.6. The molecular formula is C24H24N2O4S. The molecule has 1 aliphatic rings. The average molecular weight is 437 g/mol. The summed E-state index contributed by atoms with van der Waals surface area (Å²) in [5, 5.41) is 3.95. The van der Waals surface area contributed by atoms with E-state index in [1.54, 1.807) is 12.1 Å². The molecule has 0 spiro atoms. The number of amides is 1. The van der Waals surface area contributed by atoms with Gasteiger partial charge in [-0.2, -0.15) is 4.31 Å². The number of aryl methyl sites for hydroxylation is 2. The molecule has 0 aliphatic heterocycles. The van der Waals surface area contributed by atoms with Crippen molar-refractivity contribution in [1.29, 1.82) is 0 Å². The summed E-state index contributed by atoms with van der Waals surface area (Å²) >= 11 is 0. The number of hydrogen-bond donors (Lipinski definition) is 1. The van der Waals surface area contributed by atoms with Crippen LogP contribution in [-0.4, -0.2) is 25.2 Å². The molecule has 31 heavy (non-hydrogen) atoms. The topological polar surface area (TPSA) is 79.6 Å². The van der Waals surface area contributed by atoms with Crippen LogP contribution in [0.4, 0.5) is 5.69 Å². The predicted octanol–water partition coefficient (Wildman–Crippen LogP) is 4.21. The first-order chi connectivity index (χ1) is 15.0. The van der Waals surface area contributed by atoms with Gasteiger partial charge in [-0.1, -0.05) is 36.4 Å². The molecule has 4 rings (SSSR count). The van der Waals surface area contributed by atoms with Gasteiger partial charge in [-0.05, 0) is 66.3 Å². The largest absolute Gasteiger partial charge is 0.468 e. The summed E-state index contributed by atoms with van der Waals surface area (Å²) in [5.41, 5.74) is 3.99. The van der Waals surface area contributed by atoms with E-state index in [2.05, 4.69) is 5.32 Å². The number of nitrogens with one attached hydrogen (secondary N) is 1. The average Bonchev–Trinajstić information content (AvgIpc) is 3.44. The Morgan fingerprint density at radius 2 is 1.84 bits per heavy atom. The van der Waals surface area contributed by atoms with E-state index in [1.165, 1.54) is 23.5 Å². The van der Waals surface area contributed by atoms with E-state index in [0.717, 1.165) is 34.5 Å². The van der Waals surface area contributed by atoms with Crippen molar-refractivity contribution in [2.24, 2.45) is 0 Å². The molecule has 1 amide bonds. The summed E-state index contributed by atoms with van der Waals surface area (Å²) in [7, 11) is -3.86. The lowest BCUT2D eigenvalue weighted by molar-refractivity contribution is -0.116. The van der Waals surface area contributed by atoms with Gasteiger partial charge in [0.25, 0.3) is 0 Å². The molecular weight excluding hydrogens is 412 g/mol. The van der Waals surface area contributed by atoms with Gasteiger partial charge in [-0.3, -0.25) is 4.79 Å². The Morgan fingerprint density at radius 3 is 2.61 bits per heavy atom. The van der Waals surface area contributed by atoms with Crippen LogP contribution in [0.25, 0.3) is 6.08 Å². The van der Waals surface area contributed by atoms with Crippen LogP contribution in [0.3, 0.4) is 0 Å². The first-order valence-electron chi connectivity index (χ1n) is 10.2. The molecule has 0 saturated heterocycles. The number of carbonyl (C=O) groups excluding carboxylic acids is 1. The van der Waals surface area contributed by atoms with Crippen LogP contribution in [0.5, 0.6) is 0 Å². The zero-order valence-corrected chi connectivity index (χ0v) is 17.8. The monoisotopic (exact) mass is 436 g/mol. The van der Waals surface area contributed by atoms with Gasteiger partial charge in [-0.25, -0.2) is 8.42 Å². The van der Waals surface area contributed by atoms with Crippen LogP contribution < -0.4 is 5.32 Å². The second-order valence-corrected chi connectivity index (χ2v) is 9.31. The minimum absolute atomic E-state index is 0.0356. The van der Waals surface area contributed by atoms with Crippen LogP contribution in [0.2, 0.25) is 0 Å². The van der Waals surface area contributed by atoms with Crippen molar-refractivity contribution in [3.63, 3.8) is 0 Å². The molecule has 1 aromatic heterocycles. The van der Waals surface area contributed by atoms with Crippen molar-refractivity contribution in [2.75, 3.05) is 11.9 Å². The quantitative estimate of drug-likeness (QED) is 0.574. The molecule has 6 nitrogen and oxygen atoms in total. The van der Waals surface area contributed by atoms with E-state index < -0.39 is 15.9 Å². The number of carbonyl (C=O) groups is 1. The number of fused-ring (bicyclic) bond motifs is 1. The Morgan fingerprint density at radius 1 is 1.03 bits per heavy atom. The molecule has 1 N–H and O–H groups in total. The fraction of sp³-hybridized carbons (Fsp3) is 0.208. The van der Waals surface area contributed by atoms with E-state index in [4.69, 9.17) is 4.42 Å². The van der Waals surface area contributed by atoms with E-state index in [0.29, 0.717) is 11.4 Å². The van der Waals surface area contributed by atoms with Crippen LogP contribution in [0.1, 0.15) is 28.9 Å². The molecule has 3 aromatic rings. The van der Waals surface area contributed by atoms with Crippen molar-refractivity contribution in [1.82, 2.24) is 4.31 Å². The van der Waals surface area contributed by atoms with Gasteiger partial charge >= 0.3 is 0 Å². The van der Waals surface area contributed by atoms with Crippen LogP contribution >= 0.6 is 0 Å². The smallest absolute Gasteiger partial charge is 0.239 e. The molecule has 2 aromatic carbocycles. The van der Waals surface area contributed by atoms with Gasteiger partial charge in [0.05, 0.1) is 19.4 Å². The van der Waals surface area contributed by atoms with Crippen molar-refractivity contribution in [3.8, 4) is 0 Å². The molecule has 1 aliphatic carbocycles. The Kier molecular flexibility index (Phi) is 6.34. The number of nitrogens with zero attached hydrogens (tertiary/aromatic N) is 1. The lowest BCUT2D eigenvalue weighted by Crippen LogP contribution is -2.36. The lowest BCUT2D eigenvalue weighted by Gasteiger charge is -2.19. The zero-order valence-electron chi connectivity index (χ0n) is 17.0. The second-order valence-electron chi connectivity index (χ2n) is 7.49. The molecule has 0 saturated carbocycles. The summed E-state index contributed by atoms with van der Waals surface area (Å²) in [6, 6.07) is 18.4. The molecule has 7 heteroatoms. The molecule has 0 unspecified atom stereocenters. The number of rotatable bonds is 8. The standard InChI is InChI=1S/C24H24N2O4S/c27-24(25-22-12-11-20-8-4-9-21(20)16-22)18-26(17-23-10-5-14-30-23)31(28,29)15-13-19-6-2-1-3-7-19/h1-3,5-7,10-16H,4,8-9,17-18H2,(H,25,27)/b15-13+. The van der Waals surface area contributed by atoms with Crippen LogP contribution in [0, 0.1) is 0 Å². The Labute approximate surface area is 182 Å². The maximum atomic E-state index is 13.0. The SMILES string of the molecule is O=C(CN(Cc1ccco1)S(=O)(=O)/C=C/c1ccccc1)Nc1ccc2c(c1)CCC2. The maximum absolute atomic E-state index is 13.0. The Bertz CT molecular complexity index is 1170. The molecule has 160 valence electrons. The highest BCUT2D eigenvalue weighted by Gasteiger charge is 2.24. The summed E-state index contributed by atoms with van der Waals surface area (Å²) in [4.78, 5) is 12.7. The predicted molar refractivity (Wildman–Crippen MR) is 121 cm³/mol. The minimum atomic E-state index is -3.86. The Hall–Kier alpha value is -3.16. The second kappa shape index (κ2) is 9.32. The van der Waals surface area contributed by atoms with Gasteiger partial charge in [0.2, 0.25) is 15.9 Å². The lowest BCUT2D eigenvalue weighted by atomic mass is 10.1. The summed E-state index contributed by atoms with van der Waals surface area (Å²) in [5.74, 6) is 0.0585. The molecule has 1 heterocycles. The molecule has 0 fully saturated rings. The number of hydrogen-bond acceptors (Lipinski definition) is 4. The maximum Gasteiger partial charge on any atom is 0.239 e. The van der Waals surface area contributed by atoms with Crippen LogP contribution in [0.15, 0.2) is 76.8 Å². The number of anilines is 1. The Balaban J connectivity index is 1.50. The van der Waals surface area contributed by atoms with Crippen molar-refractivity contribution >= 4 is 27.7 Å². The van der Waals surface area contributed by atoms with Gasteiger partial charge in [0.15, 0.2) is 0 Å². The first kappa shape index (κ1) is 21.1. The van der Waals surface area contributed by atoms with E-state index >= 15 is 0 Å². The summed E-state index contributed by atoms with van der Waals surface area (Å²) in [6.45, 7) is -0.356.